The van der Waals surface area contributed by atoms with Gasteiger partial charge in [0.2, 0.25) is 69.1 Å². The molecule has 0 bridgehead atoms. The highest BCUT2D eigenvalue weighted by Gasteiger charge is 2.44. The van der Waals surface area contributed by atoms with E-state index in [0.717, 1.165) is 39.0 Å². The van der Waals surface area contributed by atoms with Crippen molar-refractivity contribution in [1.29, 1.82) is 0 Å². The summed E-state index contributed by atoms with van der Waals surface area (Å²) in [6, 6.07) is 38.9. The maximum atomic E-state index is 16.1. The van der Waals surface area contributed by atoms with Crippen LogP contribution in [0.1, 0.15) is 193 Å². The van der Waals surface area contributed by atoms with Crippen LogP contribution in [0.3, 0.4) is 0 Å². The Bertz CT molecular complexity index is 4470. The third-order valence-corrected chi connectivity index (χ3v) is 24.8. The van der Waals surface area contributed by atoms with E-state index in [0.29, 0.717) is 45.8 Å². The Labute approximate surface area is 749 Å². The average Bonchev–Trinajstić information content (AvgIpc) is 0.757. The number of carbonyl (C=O) groups excluding carboxylic acids is 12. The second kappa shape index (κ2) is 50.4. The molecule has 6 aromatic rings. The maximum absolute atomic E-state index is 16.1. The molecule has 127 heavy (non-hydrogen) atoms. The third-order valence-electron chi connectivity index (χ3n) is 21.3. The summed E-state index contributed by atoms with van der Waals surface area (Å²) in [6.07, 6.45) is -1.03. The Kier molecular flexibility index (Phi) is 41.5. The standard InChI is InChI=1S/C95H134N12O18SSi/c1-16-17-18-19-20-39-53-74(91(120)124-12)98-85(114)75(58-62(2)3)102-90(119)82(66(8)109)105-88(117)76(59-63(4)5)100-87(116)78(61-80(111)107-95(70-47-33-24-34-48-70,71-49-35-25-36-50-71)72-51-37-26-38-52-72)101-86(115)77(60-79(110)106-94(67-41-27-21-28-42-67,68-43-29-22-30-44-68)69-45-31-23-32-46-69)99-83(112)64(6)97-89(118)81(65(7)108)104-84(113)73(103-92(121)125-93(9,10)11)54-40-55-96-126(122,123)56-57-127(13,14)15/h21-38,41-52,62-66,73-78,81-82,96,108-109H,16-20,39-40,53-61H2,1-15H3,(H,97,118)(H,98,114)(H,99,112)(H,100,116)(H,101,115)(H,102,119)(H,103,121)(H,104,113)(H,105,117)(H,106,110)(H,107,111)/t64-,65+,66+,73-,74+,75+,76+,77-,78+,81-,82-/m0/s1. The summed E-state index contributed by atoms with van der Waals surface area (Å²) in [4.78, 5) is 178. The van der Waals surface area contributed by atoms with Crippen molar-refractivity contribution >= 4 is 89.2 Å². The summed E-state index contributed by atoms with van der Waals surface area (Å²) in [5.74, 6) is -11.9. The SMILES string of the molecule is CCCCCCCC[C@@H](NC(=O)[C@@H](CC(C)C)NC(=O)[C@@H](NC(=O)[C@@H](CC(C)C)NC(=O)[C@@H](CC(=O)NC(c1ccccc1)(c1ccccc1)c1ccccc1)NC(=O)[C@H](CC(=O)NC(c1ccccc1)(c1ccccc1)c1ccccc1)NC(=O)[C@H](C)NC(=O)[C@@H](NC(=O)[C@H](CCCNS(=O)(=O)CC[Si](C)(C)C)NC(=O)OC(C)(C)C)[C@@H](C)O)[C@@H](C)O)C(=O)OC. The number of unbranched alkanes of at least 4 members (excludes halogenated alkanes) is 5. The van der Waals surface area contributed by atoms with E-state index >= 15 is 28.8 Å². The molecule has 0 aliphatic carbocycles. The first-order valence-electron chi connectivity index (χ1n) is 43.8. The molecule has 32 heteroatoms. The van der Waals surface area contributed by atoms with Gasteiger partial charge in [0.25, 0.3) is 0 Å². The molecule has 6 rings (SSSR count). The lowest BCUT2D eigenvalue weighted by atomic mass is 9.77. The summed E-state index contributed by atoms with van der Waals surface area (Å²) in [5, 5.41) is 52.4. The van der Waals surface area contributed by atoms with Gasteiger partial charge < -0.3 is 78.2 Å². The molecule has 6 aromatic carbocycles. The van der Waals surface area contributed by atoms with Gasteiger partial charge in [-0.15, -0.1) is 0 Å². The van der Waals surface area contributed by atoms with Crippen LogP contribution in [0.5, 0.6) is 0 Å². The molecule has 0 saturated carbocycles. The molecule has 11 amide bonds. The molecule has 0 saturated heterocycles. The number of hydrogen-bond donors (Lipinski definition) is 14. The molecule has 0 aliphatic heterocycles. The topological polar surface area (TPSA) is 442 Å². The fourth-order valence-corrected chi connectivity index (χ4v) is 18.7. The zero-order valence-corrected chi connectivity index (χ0v) is 77.8. The van der Waals surface area contributed by atoms with Gasteiger partial charge in [-0.3, -0.25) is 47.9 Å². The van der Waals surface area contributed by atoms with Gasteiger partial charge in [0, 0.05) is 14.6 Å². The lowest BCUT2D eigenvalue weighted by molar-refractivity contribution is -0.145. The molecular formula is C95H134N12O18SSi. The van der Waals surface area contributed by atoms with E-state index in [2.05, 4.69) is 70.1 Å². The van der Waals surface area contributed by atoms with Gasteiger partial charge in [0.05, 0.1) is 37.9 Å². The molecule has 0 aromatic heterocycles. The maximum Gasteiger partial charge on any atom is 0.408 e. The summed E-state index contributed by atoms with van der Waals surface area (Å²) >= 11 is 0. The number of rotatable bonds is 51. The minimum Gasteiger partial charge on any atom is -0.467 e. The van der Waals surface area contributed by atoms with Crippen molar-refractivity contribution in [2.24, 2.45) is 11.8 Å². The summed E-state index contributed by atoms with van der Waals surface area (Å²) < 4.78 is 39.0. The summed E-state index contributed by atoms with van der Waals surface area (Å²) in [7, 11) is -4.30. The Hall–Kier alpha value is -11.2. The Balaban J connectivity index is 1.45. The number of aliphatic hydroxyl groups excluding tert-OH is 2. The first-order valence-corrected chi connectivity index (χ1v) is 49.2. The van der Waals surface area contributed by atoms with Crippen molar-refractivity contribution in [2.75, 3.05) is 19.4 Å². The fourth-order valence-electron chi connectivity index (χ4n) is 14.6. The van der Waals surface area contributed by atoms with Crippen LogP contribution in [0.25, 0.3) is 0 Å². The third kappa shape index (κ3) is 33.5. The van der Waals surface area contributed by atoms with Crippen molar-refractivity contribution in [3.05, 3.63) is 215 Å². The summed E-state index contributed by atoms with van der Waals surface area (Å²) in [6.45, 7) is 23.4. The van der Waals surface area contributed by atoms with Crippen molar-refractivity contribution < 1.29 is 85.6 Å². The van der Waals surface area contributed by atoms with E-state index < -0.39 is 191 Å². The molecular weight excluding hydrogens is 1660 g/mol. The van der Waals surface area contributed by atoms with Crippen LogP contribution in [0, 0.1) is 11.8 Å². The van der Waals surface area contributed by atoms with Gasteiger partial charge in [-0.05, 0) is 125 Å². The van der Waals surface area contributed by atoms with E-state index in [9.17, 15) is 47.4 Å². The average molecular weight is 1790 g/mol. The molecule has 30 nitrogen and oxygen atoms in total. The number of ether oxygens (including phenoxy) is 2. The van der Waals surface area contributed by atoms with Crippen molar-refractivity contribution in [1.82, 2.24) is 63.2 Å². The van der Waals surface area contributed by atoms with Crippen LogP contribution in [0.2, 0.25) is 25.7 Å². The molecule has 0 spiro atoms. The Morgan fingerprint density at radius 3 is 1.08 bits per heavy atom. The summed E-state index contributed by atoms with van der Waals surface area (Å²) in [5.41, 5.74) is -0.830. The minimum atomic E-state index is -3.73. The largest absolute Gasteiger partial charge is 0.467 e. The van der Waals surface area contributed by atoms with Crippen LogP contribution in [0.4, 0.5) is 4.79 Å². The quantitative estimate of drug-likeness (QED) is 0.00735. The van der Waals surface area contributed by atoms with Crippen LogP contribution in [-0.4, -0.2) is 189 Å². The number of hydrogen-bond acceptors (Lipinski definition) is 18. The smallest absolute Gasteiger partial charge is 0.408 e. The minimum absolute atomic E-state index is 0.00700. The zero-order chi connectivity index (χ0) is 93.8. The van der Waals surface area contributed by atoms with Crippen molar-refractivity contribution in [3.63, 3.8) is 0 Å². The highest BCUT2D eigenvalue weighted by Crippen LogP contribution is 2.39. The van der Waals surface area contributed by atoms with Gasteiger partial charge in [0.15, 0.2) is 0 Å². The first kappa shape index (κ1) is 105. The van der Waals surface area contributed by atoms with Crippen LogP contribution in [0.15, 0.2) is 182 Å². The van der Waals surface area contributed by atoms with Crippen LogP contribution < -0.4 is 63.2 Å². The number of benzene rings is 6. The molecule has 14 N–H and O–H groups in total. The van der Waals surface area contributed by atoms with Gasteiger partial charge >= 0.3 is 12.1 Å². The Morgan fingerprint density at radius 2 is 0.717 bits per heavy atom. The number of aliphatic hydroxyl groups is 2. The van der Waals surface area contributed by atoms with E-state index in [1.54, 1.807) is 230 Å². The number of methoxy groups -OCH3 is 1. The number of nitrogens with one attached hydrogen (secondary N) is 12. The van der Waals surface area contributed by atoms with Crippen molar-refractivity contribution in [3.8, 4) is 0 Å². The van der Waals surface area contributed by atoms with Crippen LogP contribution in [-0.2, 0) is 83.3 Å². The predicted octanol–water partition coefficient (Wildman–Crippen LogP) is 8.59. The van der Waals surface area contributed by atoms with Crippen LogP contribution >= 0.6 is 0 Å². The van der Waals surface area contributed by atoms with E-state index in [1.807, 2.05) is 19.6 Å². The highest BCUT2D eigenvalue weighted by molar-refractivity contribution is 7.89. The molecule has 0 heterocycles. The molecule has 0 unspecified atom stereocenters. The number of sulfonamides is 1. The molecule has 0 aliphatic rings. The molecule has 692 valence electrons. The Morgan fingerprint density at radius 1 is 0.394 bits per heavy atom. The number of esters is 1. The second-order valence-corrected chi connectivity index (χ2v) is 42.9. The van der Waals surface area contributed by atoms with E-state index in [4.69, 9.17) is 9.47 Å². The lowest BCUT2D eigenvalue weighted by Gasteiger charge is -2.37. The number of amides is 11. The number of alkyl carbamates (subject to hydrolysis) is 1. The number of carbonyl (C=O) groups is 12. The van der Waals surface area contributed by atoms with E-state index in [-0.39, 0.29) is 50.3 Å². The van der Waals surface area contributed by atoms with Gasteiger partial charge in [-0.2, -0.15) is 0 Å². The molecule has 11 atom stereocenters. The second-order valence-electron chi connectivity index (χ2n) is 35.4. The molecule has 0 radical (unpaired) electrons. The monoisotopic (exact) mass is 1790 g/mol. The van der Waals surface area contributed by atoms with Gasteiger partial charge in [0.1, 0.15) is 71.1 Å². The molecule has 0 fully saturated rings. The highest BCUT2D eigenvalue weighted by atomic mass is 32.2. The predicted molar refractivity (Wildman–Crippen MR) is 490 cm³/mol. The fraction of sp³-hybridized carbons (Fsp3) is 0.495. The van der Waals surface area contributed by atoms with E-state index in [1.165, 1.54) is 21.0 Å². The zero-order valence-electron chi connectivity index (χ0n) is 76.0. The normalized spacial score (nSPS) is 14.5. The van der Waals surface area contributed by atoms with Gasteiger partial charge in [-0.25, -0.2) is 22.7 Å². The van der Waals surface area contributed by atoms with Gasteiger partial charge in [-0.1, -0.05) is 275 Å². The lowest BCUT2D eigenvalue weighted by Crippen LogP contribution is -2.62. The first-order chi connectivity index (χ1) is 60.0. The van der Waals surface area contributed by atoms with Crippen molar-refractivity contribution in [2.45, 2.75) is 269 Å².